The molecule has 5 heterocycles. The highest BCUT2D eigenvalue weighted by Gasteiger charge is 2.44. The van der Waals surface area contributed by atoms with Crippen molar-refractivity contribution in [3.63, 3.8) is 0 Å². The van der Waals surface area contributed by atoms with Crippen LogP contribution >= 0.6 is 0 Å². The summed E-state index contributed by atoms with van der Waals surface area (Å²) in [5, 5.41) is 3.53. The third-order valence-corrected chi connectivity index (χ3v) is 7.21. The summed E-state index contributed by atoms with van der Waals surface area (Å²) in [6.45, 7) is 7.77. The summed E-state index contributed by atoms with van der Waals surface area (Å²) in [6, 6.07) is 17.9. The number of anilines is 2. The van der Waals surface area contributed by atoms with Crippen LogP contribution in [0.4, 0.5) is 11.8 Å². The van der Waals surface area contributed by atoms with Gasteiger partial charge in [0, 0.05) is 61.4 Å². The maximum Gasteiger partial charge on any atom is 0.212 e. The normalized spacial score (nSPS) is 20.8. The minimum atomic E-state index is 0.161. The number of aromatic nitrogens is 4. The van der Waals surface area contributed by atoms with Gasteiger partial charge in [-0.3, -0.25) is 9.30 Å². The van der Waals surface area contributed by atoms with Gasteiger partial charge in [0.1, 0.15) is 11.5 Å². The van der Waals surface area contributed by atoms with E-state index in [0.29, 0.717) is 12.1 Å². The first-order chi connectivity index (χ1) is 16.7. The second kappa shape index (κ2) is 8.72. The predicted molar refractivity (Wildman–Crippen MR) is 136 cm³/mol. The summed E-state index contributed by atoms with van der Waals surface area (Å²) in [6.07, 6.45) is 8.18. The van der Waals surface area contributed by atoms with Crippen molar-refractivity contribution >= 4 is 17.4 Å². The summed E-state index contributed by atoms with van der Waals surface area (Å²) in [5.41, 5.74) is 4.13. The Morgan fingerprint density at radius 2 is 1.91 bits per heavy atom. The SMILES string of the molecule is CCCN1CC2CC1CN2c1nc(-c2ccnc(NC(C)c3ccccc3)c2)cc2nccn12. The predicted octanol–water partition coefficient (Wildman–Crippen LogP) is 4.64. The van der Waals surface area contributed by atoms with E-state index in [1.165, 1.54) is 24.9 Å². The van der Waals surface area contributed by atoms with Gasteiger partial charge in [0.25, 0.3) is 0 Å². The molecule has 0 saturated carbocycles. The molecule has 2 saturated heterocycles. The number of piperazine rings is 1. The molecule has 7 heteroatoms. The van der Waals surface area contributed by atoms with Gasteiger partial charge in [-0.2, -0.15) is 0 Å². The van der Waals surface area contributed by atoms with Gasteiger partial charge in [-0.15, -0.1) is 0 Å². The third-order valence-electron chi connectivity index (χ3n) is 7.21. The Kier molecular flexibility index (Phi) is 5.41. The minimum Gasteiger partial charge on any atom is -0.364 e. The molecular weight excluding hydrogens is 422 g/mol. The lowest BCUT2D eigenvalue weighted by atomic mass is 10.1. The maximum atomic E-state index is 5.17. The van der Waals surface area contributed by atoms with Gasteiger partial charge in [-0.1, -0.05) is 37.3 Å². The number of hydrogen-bond donors (Lipinski definition) is 1. The van der Waals surface area contributed by atoms with Crippen LogP contribution in [0.1, 0.15) is 38.3 Å². The second-order valence-corrected chi connectivity index (χ2v) is 9.49. The molecule has 0 aliphatic carbocycles. The summed E-state index contributed by atoms with van der Waals surface area (Å²) >= 11 is 0. The molecule has 2 aliphatic rings. The van der Waals surface area contributed by atoms with Gasteiger partial charge in [0.05, 0.1) is 5.69 Å². The highest BCUT2D eigenvalue weighted by molar-refractivity contribution is 5.68. The van der Waals surface area contributed by atoms with Crippen molar-refractivity contribution in [3.8, 4) is 11.3 Å². The van der Waals surface area contributed by atoms with E-state index in [9.17, 15) is 0 Å². The van der Waals surface area contributed by atoms with E-state index in [4.69, 9.17) is 4.98 Å². The molecule has 34 heavy (non-hydrogen) atoms. The van der Waals surface area contributed by atoms with Crippen LogP contribution < -0.4 is 10.2 Å². The Morgan fingerprint density at radius 3 is 2.71 bits per heavy atom. The first-order valence-corrected chi connectivity index (χ1v) is 12.3. The minimum absolute atomic E-state index is 0.161. The lowest BCUT2D eigenvalue weighted by Crippen LogP contribution is -2.47. The zero-order valence-corrected chi connectivity index (χ0v) is 19.8. The smallest absolute Gasteiger partial charge is 0.212 e. The lowest BCUT2D eigenvalue weighted by Gasteiger charge is -2.35. The Bertz CT molecular complexity index is 1280. The van der Waals surface area contributed by atoms with E-state index >= 15 is 0 Å². The van der Waals surface area contributed by atoms with E-state index in [2.05, 4.69) is 79.7 Å². The summed E-state index contributed by atoms with van der Waals surface area (Å²) in [7, 11) is 0. The van der Waals surface area contributed by atoms with Crippen LogP contribution in [0, 0.1) is 0 Å². The fourth-order valence-electron chi connectivity index (χ4n) is 5.53. The zero-order chi connectivity index (χ0) is 23.1. The number of nitrogens with zero attached hydrogens (tertiary/aromatic N) is 6. The first kappa shape index (κ1) is 21.1. The lowest BCUT2D eigenvalue weighted by molar-refractivity contribution is 0.238. The van der Waals surface area contributed by atoms with Crippen molar-refractivity contribution in [1.29, 1.82) is 0 Å². The molecule has 0 spiro atoms. The maximum absolute atomic E-state index is 5.17. The standard InChI is InChI=1S/C27H31N7/c1-3-12-32-17-23-15-22(32)18-34(23)27-31-24(16-26-29-11-13-33(26)27)21-9-10-28-25(14-21)30-19(2)20-7-5-4-6-8-20/h4-11,13-14,16,19,22-23H,3,12,15,17-18H2,1-2H3,(H,28,30). The molecule has 3 atom stereocenters. The van der Waals surface area contributed by atoms with Gasteiger partial charge in [-0.05, 0) is 44.0 Å². The van der Waals surface area contributed by atoms with Gasteiger partial charge < -0.3 is 10.2 Å². The second-order valence-electron chi connectivity index (χ2n) is 9.49. The number of fused-ring (bicyclic) bond motifs is 3. The molecule has 0 radical (unpaired) electrons. The summed E-state index contributed by atoms with van der Waals surface area (Å²) in [5.74, 6) is 1.84. The molecule has 7 nitrogen and oxygen atoms in total. The van der Waals surface area contributed by atoms with Crippen LogP contribution in [-0.2, 0) is 0 Å². The number of benzene rings is 1. The van der Waals surface area contributed by atoms with Crippen molar-refractivity contribution in [2.24, 2.45) is 0 Å². The van der Waals surface area contributed by atoms with Crippen molar-refractivity contribution in [2.75, 3.05) is 29.9 Å². The average molecular weight is 454 g/mol. The number of imidazole rings is 1. The van der Waals surface area contributed by atoms with E-state index in [0.717, 1.165) is 41.8 Å². The van der Waals surface area contributed by atoms with Crippen LogP contribution in [0.2, 0.25) is 0 Å². The van der Waals surface area contributed by atoms with Crippen LogP contribution in [0.25, 0.3) is 16.9 Å². The monoisotopic (exact) mass is 453 g/mol. The Hall–Kier alpha value is -3.45. The van der Waals surface area contributed by atoms with E-state index < -0.39 is 0 Å². The Morgan fingerprint density at radius 1 is 1.03 bits per heavy atom. The third kappa shape index (κ3) is 3.80. The van der Waals surface area contributed by atoms with Crippen LogP contribution in [0.5, 0.6) is 0 Å². The summed E-state index contributed by atoms with van der Waals surface area (Å²) in [4.78, 5) is 19.5. The molecule has 174 valence electrons. The van der Waals surface area contributed by atoms with Gasteiger partial charge >= 0.3 is 0 Å². The summed E-state index contributed by atoms with van der Waals surface area (Å²) < 4.78 is 2.13. The van der Waals surface area contributed by atoms with E-state index in [1.807, 2.05) is 30.7 Å². The quantitative estimate of drug-likeness (QED) is 0.440. The average Bonchev–Trinajstić information content (AvgIpc) is 3.60. The van der Waals surface area contributed by atoms with E-state index in [-0.39, 0.29) is 6.04 Å². The fourth-order valence-corrected chi connectivity index (χ4v) is 5.53. The van der Waals surface area contributed by atoms with Crippen LogP contribution in [-0.4, -0.2) is 56.0 Å². The van der Waals surface area contributed by atoms with Crippen molar-refractivity contribution < 1.29 is 0 Å². The highest BCUT2D eigenvalue weighted by atomic mass is 15.4. The Labute approximate surface area is 200 Å². The van der Waals surface area contributed by atoms with Gasteiger partial charge in [0.2, 0.25) is 5.95 Å². The first-order valence-electron chi connectivity index (χ1n) is 12.3. The molecule has 2 aliphatic heterocycles. The fraction of sp³-hybridized carbons (Fsp3) is 0.370. The Balaban J connectivity index is 1.30. The molecule has 2 bridgehead atoms. The van der Waals surface area contributed by atoms with Gasteiger partial charge in [-0.25, -0.2) is 15.0 Å². The number of likely N-dealkylation sites (tertiary alicyclic amines) is 1. The zero-order valence-electron chi connectivity index (χ0n) is 19.8. The van der Waals surface area contributed by atoms with Crippen LogP contribution in [0.3, 0.4) is 0 Å². The molecule has 2 fully saturated rings. The van der Waals surface area contributed by atoms with Crippen molar-refractivity contribution in [3.05, 3.63) is 72.7 Å². The van der Waals surface area contributed by atoms with Crippen molar-refractivity contribution in [1.82, 2.24) is 24.3 Å². The molecule has 3 aromatic heterocycles. The molecule has 4 aromatic rings. The van der Waals surface area contributed by atoms with Gasteiger partial charge in [0.15, 0.2) is 0 Å². The number of nitrogens with one attached hydrogen (secondary N) is 1. The van der Waals surface area contributed by atoms with Crippen LogP contribution in [0.15, 0.2) is 67.1 Å². The molecule has 1 N–H and O–H groups in total. The largest absolute Gasteiger partial charge is 0.364 e. The molecular formula is C27H31N7. The van der Waals surface area contributed by atoms with E-state index in [1.54, 1.807) is 0 Å². The number of pyridine rings is 1. The molecule has 3 unspecified atom stereocenters. The van der Waals surface area contributed by atoms with Crippen molar-refractivity contribution in [2.45, 2.75) is 44.8 Å². The number of rotatable bonds is 7. The highest BCUT2D eigenvalue weighted by Crippen LogP contribution is 2.35. The topological polar surface area (TPSA) is 61.6 Å². The molecule has 0 amide bonds. The number of hydrogen-bond acceptors (Lipinski definition) is 6. The molecule has 1 aromatic carbocycles. The molecule has 6 rings (SSSR count).